The van der Waals surface area contributed by atoms with Crippen molar-refractivity contribution in [1.29, 1.82) is 0 Å². The van der Waals surface area contributed by atoms with Gasteiger partial charge in [0.2, 0.25) is 0 Å². The second-order valence-electron chi connectivity index (χ2n) is 3.45. The molecule has 0 bridgehead atoms. The van der Waals surface area contributed by atoms with Gasteiger partial charge in [0.05, 0.1) is 17.5 Å². The Labute approximate surface area is 96.1 Å². The van der Waals surface area contributed by atoms with E-state index < -0.39 is 17.5 Å². The average Bonchev–Trinajstić information content (AvgIpc) is 2.71. The number of carbonyl (C=O) groups excluding carboxylic acids is 1. The molecule has 1 amide bonds. The molecule has 0 aliphatic carbocycles. The summed E-state index contributed by atoms with van der Waals surface area (Å²) in [5.41, 5.74) is 0.0873. The van der Waals surface area contributed by atoms with Gasteiger partial charge in [0, 0.05) is 0 Å². The van der Waals surface area contributed by atoms with Crippen molar-refractivity contribution in [1.82, 2.24) is 0 Å². The average molecular weight is 237 g/mol. The summed E-state index contributed by atoms with van der Waals surface area (Å²) in [5, 5.41) is 2.28. The molecule has 88 valence electrons. The summed E-state index contributed by atoms with van der Waals surface area (Å²) >= 11 is 0. The highest BCUT2D eigenvalue weighted by molar-refractivity contribution is 6.04. The highest BCUT2D eigenvalue weighted by Crippen LogP contribution is 2.18. The van der Waals surface area contributed by atoms with Crippen LogP contribution in [0.3, 0.4) is 0 Å². The first-order valence-corrected chi connectivity index (χ1v) is 4.89. The van der Waals surface area contributed by atoms with E-state index in [1.165, 1.54) is 24.5 Å². The lowest BCUT2D eigenvalue weighted by molar-refractivity contribution is 0.102. The summed E-state index contributed by atoms with van der Waals surface area (Å²) in [7, 11) is 0. The zero-order chi connectivity index (χ0) is 12.4. The lowest BCUT2D eigenvalue weighted by Gasteiger charge is -2.05. The Hall–Kier alpha value is -2.17. The van der Waals surface area contributed by atoms with Gasteiger partial charge in [-0.15, -0.1) is 0 Å². The Balaban J connectivity index is 2.25. The van der Waals surface area contributed by atoms with Gasteiger partial charge in [-0.25, -0.2) is 8.78 Å². The summed E-state index contributed by atoms with van der Waals surface area (Å²) in [6.07, 6.45) is 1.35. The minimum Gasteiger partial charge on any atom is -0.469 e. The van der Waals surface area contributed by atoms with Crippen molar-refractivity contribution in [2.75, 3.05) is 5.32 Å². The fourth-order valence-electron chi connectivity index (χ4n) is 1.41. The number of hydrogen-bond donors (Lipinski definition) is 1. The van der Waals surface area contributed by atoms with Gasteiger partial charge < -0.3 is 9.73 Å². The van der Waals surface area contributed by atoms with Crippen LogP contribution in [0, 0.1) is 18.6 Å². The van der Waals surface area contributed by atoms with Gasteiger partial charge in [-0.3, -0.25) is 4.79 Å². The summed E-state index contributed by atoms with van der Waals surface area (Å²) < 4.78 is 31.1. The minimum atomic E-state index is -1.08. The predicted octanol–water partition coefficient (Wildman–Crippen LogP) is 3.12. The van der Waals surface area contributed by atoms with Crippen LogP contribution in [0.25, 0.3) is 0 Å². The molecule has 1 aromatic heterocycles. The number of furan rings is 1. The highest BCUT2D eigenvalue weighted by Gasteiger charge is 2.14. The predicted molar refractivity (Wildman–Crippen MR) is 57.8 cm³/mol. The first-order chi connectivity index (χ1) is 8.09. The number of hydrogen-bond acceptors (Lipinski definition) is 2. The number of carbonyl (C=O) groups is 1. The Morgan fingerprint density at radius 1 is 1.29 bits per heavy atom. The highest BCUT2D eigenvalue weighted by atomic mass is 19.2. The van der Waals surface area contributed by atoms with E-state index in [0.717, 1.165) is 6.07 Å². The Morgan fingerprint density at radius 2 is 2.06 bits per heavy atom. The molecule has 3 nitrogen and oxygen atoms in total. The van der Waals surface area contributed by atoms with E-state index >= 15 is 0 Å². The first-order valence-electron chi connectivity index (χ1n) is 4.89. The SMILES string of the molecule is Cc1occc1C(=O)Nc1cccc(F)c1F. The maximum absolute atomic E-state index is 13.3. The third kappa shape index (κ3) is 2.18. The molecule has 2 rings (SSSR count). The molecule has 0 spiro atoms. The van der Waals surface area contributed by atoms with Gasteiger partial charge in [-0.2, -0.15) is 0 Å². The van der Waals surface area contributed by atoms with E-state index in [9.17, 15) is 13.6 Å². The maximum atomic E-state index is 13.3. The van der Waals surface area contributed by atoms with Crippen molar-refractivity contribution < 1.29 is 18.0 Å². The van der Waals surface area contributed by atoms with Gasteiger partial charge in [0.1, 0.15) is 5.76 Å². The molecule has 0 aliphatic heterocycles. The largest absolute Gasteiger partial charge is 0.469 e. The van der Waals surface area contributed by atoms with Crippen LogP contribution >= 0.6 is 0 Å². The molecule has 1 heterocycles. The molecule has 0 aliphatic rings. The van der Waals surface area contributed by atoms with Crippen LogP contribution < -0.4 is 5.32 Å². The van der Waals surface area contributed by atoms with Gasteiger partial charge >= 0.3 is 0 Å². The van der Waals surface area contributed by atoms with Crippen LogP contribution in [0.4, 0.5) is 14.5 Å². The number of rotatable bonds is 2. The number of nitrogens with one attached hydrogen (secondary N) is 1. The standard InChI is InChI=1S/C12H9F2NO2/c1-7-8(5-6-17-7)12(16)15-10-4-2-3-9(13)11(10)14/h2-6H,1H3,(H,15,16). The lowest BCUT2D eigenvalue weighted by atomic mass is 10.2. The molecule has 0 saturated carbocycles. The van der Waals surface area contributed by atoms with E-state index in [2.05, 4.69) is 5.32 Å². The Morgan fingerprint density at radius 3 is 2.71 bits per heavy atom. The molecular formula is C12H9F2NO2. The molecule has 5 heteroatoms. The van der Waals surface area contributed by atoms with E-state index in [0.29, 0.717) is 5.76 Å². The number of benzene rings is 1. The smallest absolute Gasteiger partial charge is 0.259 e. The first kappa shape index (κ1) is 11.3. The maximum Gasteiger partial charge on any atom is 0.259 e. The van der Waals surface area contributed by atoms with Crippen LogP contribution in [-0.2, 0) is 0 Å². The zero-order valence-electron chi connectivity index (χ0n) is 8.96. The monoisotopic (exact) mass is 237 g/mol. The normalized spacial score (nSPS) is 10.3. The Bertz CT molecular complexity index is 563. The zero-order valence-corrected chi connectivity index (χ0v) is 8.96. The quantitative estimate of drug-likeness (QED) is 0.871. The molecule has 0 unspecified atom stereocenters. The van der Waals surface area contributed by atoms with Crippen molar-refractivity contribution >= 4 is 11.6 Å². The van der Waals surface area contributed by atoms with Crippen LogP contribution in [0.15, 0.2) is 34.9 Å². The summed E-state index contributed by atoms with van der Waals surface area (Å²) in [6.45, 7) is 1.61. The van der Waals surface area contributed by atoms with Crippen molar-refractivity contribution in [3.05, 3.63) is 53.5 Å². The van der Waals surface area contributed by atoms with Crippen LogP contribution in [0.1, 0.15) is 16.1 Å². The van der Waals surface area contributed by atoms with Crippen molar-refractivity contribution in [2.45, 2.75) is 6.92 Å². The van der Waals surface area contributed by atoms with Crippen LogP contribution in [0.5, 0.6) is 0 Å². The van der Waals surface area contributed by atoms with Crippen molar-refractivity contribution in [2.24, 2.45) is 0 Å². The minimum absolute atomic E-state index is 0.199. The molecular weight excluding hydrogens is 228 g/mol. The molecule has 17 heavy (non-hydrogen) atoms. The third-order valence-electron chi connectivity index (χ3n) is 2.30. The lowest BCUT2D eigenvalue weighted by Crippen LogP contribution is -2.13. The summed E-state index contributed by atoms with van der Waals surface area (Å²) in [5.74, 6) is -2.21. The van der Waals surface area contributed by atoms with E-state index in [4.69, 9.17) is 4.42 Å². The fourth-order valence-corrected chi connectivity index (χ4v) is 1.41. The summed E-state index contributed by atoms with van der Waals surface area (Å²) in [4.78, 5) is 11.7. The van der Waals surface area contributed by atoms with E-state index in [1.807, 2.05) is 0 Å². The molecule has 0 radical (unpaired) electrons. The van der Waals surface area contributed by atoms with Crippen molar-refractivity contribution in [3.63, 3.8) is 0 Å². The molecule has 0 saturated heterocycles. The fraction of sp³-hybridized carbons (Fsp3) is 0.0833. The van der Waals surface area contributed by atoms with Gasteiger partial charge in [0.25, 0.3) is 5.91 Å². The van der Waals surface area contributed by atoms with E-state index in [-0.39, 0.29) is 11.3 Å². The second kappa shape index (κ2) is 4.37. The molecule has 1 aromatic carbocycles. The summed E-state index contributed by atoms with van der Waals surface area (Å²) in [6, 6.07) is 5.04. The number of aryl methyl sites for hydroxylation is 1. The third-order valence-corrected chi connectivity index (χ3v) is 2.30. The van der Waals surface area contributed by atoms with Crippen molar-refractivity contribution in [3.8, 4) is 0 Å². The van der Waals surface area contributed by atoms with Gasteiger partial charge in [-0.05, 0) is 25.1 Å². The Kier molecular flexibility index (Phi) is 2.91. The molecule has 0 atom stereocenters. The molecule has 2 aromatic rings. The van der Waals surface area contributed by atoms with Gasteiger partial charge in [-0.1, -0.05) is 6.07 Å². The molecule has 1 N–H and O–H groups in total. The van der Waals surface area contributed by atoms with E-state index in [1.54, 1.807) is 6.92 Å². The van der Waals surface area contributed by atoms with Gasteiger partial charge in [0.15, 0.2) is 11.6 Å². The number of halogens is 2. The number of anilines is 1. The number of amides is 1. The molecule has 0 fully saturated rings. The topological polar surface area (TPSA) is 42.2 Å². The van der Waals surface area contributed by atoms with Crippen LogP contribution in [-0.4, -0.2) is 5.91 Å². The van der Waals surface area contributed by atoms with Crippen LogP contribution in [0.2, 0.25) is 0 Å². The second-order valence-corrected chi connectivity index (χ2v) is 3.45.